The summed E-state index contributed by atoms with van der Waals surface area (Å²) in [5.41, 5.74) is 0. The molecule has 0 saturated heterocycles. The van der Waals surface area contributed by atoms with Crippen LogP contribution in [0.25, 0.3) is 0 Å². The van der Waals surface area contributed by atoms with Gasteiger partial charge in [-0.25, -0.2) is 0 Å². The van der Waals surface area contributed by atoms with Crippen molar-refractivity contribution in [1.82, 2.24) is 0 Å². The molecule has 0 aromatic carbocycles. The lowest BCUT2D eigenvalue weighted by molar-refractivity contribution is -0.172. The summed E-state index contributed by atoms with van der Waals surface area (Å²) in [5, 5.41) is 0. The van der Waals surface area contributed by atoms with Crippen LogP contribution < -0.4 is 0 Å². The van der Waals surface area contributed by atoms with E-state index in [0.717, 1.165) is 12.3 Å². The third kappa shape index (κ3) is 4.66. The molecule has 2 saturated carbocycles. The predicted molar refractivity (Wildman–Crippen MR) is 89.0 cm³/mol. The van der Waals surface area contributed by atoms with E-state index in [1.54, 1.807) is 7.11 Å². The summed E-state index contributed by atoms with van der Waals surface area (Å²) in [6.45, 7) is 8.32. The highest BCUT2D eigenvalue weighted by Gasteiger charge is 2.44. The van der Waals surface area contributed by atoms with Gasteiger partial charge in [-0.15, -0.1) is 0 Å². The van der Waals surface area contributed by atoms with E-state index in [1.807, 2.05) is 0 Å². The zero-order chi connectivity index (χ0) is 15.4. The Bertz CT molecular complexity index is 310. The standard InChI is InChI=1S/C17H31BrO3/c1-11(2)13-6-5-12(3)9-15(13)21-16-10-14(18)17(16)20-8-7-19-4/h11-17H,5-10H2,1-4H3. The zero-order valence-corrected chi connectivity index (χ0v) is 15.5. The van der Waals surface area contributed by atoms with E-state index >= 15 is 0 Å². The number of rotatable bonds is 7. The molecule has 2 aliphatic rings. The molecule has 0 radical (unpaired) electrons. The van der Waals surface area contributed by atoms with Gasteiger partial charge in [0.15, 0.2) is 0 Å². The van der Waals surface area contributed by atoms with Crippen LogP contribution in [-0.4, -0.2) is 43.5 Å². The van der Waals surface area contributed by atoms with Gasteiger partial charge in [0.25, 0.3) is 0 Å². The van der Waals surface area contributed by atoms with Crippen LogP contribution in [0.2, 0.25) is 0 Å². The van der Waals surface area contributed by atoms with Crippen LogP contribution in [0, 0.1) is 17.8 Å². The molecule has 124 valence electrons. The SMILES string of the molecule is COCCOC1C(Br)CC1OC1CC(C)CCC1C(C)C. The van der Waals surface area contributed by atoms with E-state index < -0.39 is 0 Å². The molecule has 0 aliphatic heterocycles. The van der Waals surface area contributed by atoms with E-state index in [2.05, 4.69) is 36.7 Å². The Labute approximate surface area is 138 Å². The van der Waals surface area contributed by atoms with E-state index in [1.165, 1.54) is 19.3 Å². The highest BCUT2D eigenvalue weighted by molar-refractivity contribution is 9.09. The van der Waals surface area contributed by atoms with Crippen LogP contribution in [0.15, 0.2) is 0 Å². The van der Waals surface area contributed by atoms with Crippen LogP contribution in [-0.2, 0) is 14.2 Å². The Morgan fingerprint density at radius 1 is 1.10 bits per heavy atom. The van der Waals surface area contributed by atoms with Gasteiger partial charge in [-0.2, -0.15) is 0 Å². The molecule has 6 unspecified atom stereocenters. The number of hydrogen-bond donors (Lipinski definition) is 0. The van der Waals surface area contributed by atoms with Crippen LogP contribution >= 0.6 is 15.9 Å². The molecule has 2 aliphatic carbocycles. The molecule has 2 fully saturated rings. The first-order valence-electron chi connectivity index (χ1n) is 8.43. The van der Waals surface area contributed by atoms with Gasteiger partial charge in [-0.1, -0.05) is 43.1 Å². The molecule has 3 nitrogen and oxygen atoms in total. The second-order valence-electron chi connectivity index (χ2n) is 7.12. The van der Waals surface area contributed by atoms with Crippen molar-refractivity contribution in [3.63, 3.8) is 0 Å². The van der Waals surface area contributed by atoms with Crippen molar-refractivity contribution in [2.75, 3.05) is 20.3 Å². The lowest BCUT2D eigenvalue weighted by Crippen LogP contribution is -2.53. The third-order valence-corrected chi connectivity index (χ3v) is 5.98. The Morgan fingerprint density at radius 3 is 2.48 bits per heavy atom. The topological polar surface area (TPSA) is 27.7 Å². The minimum absolute atomic E-state index is 0.185. The molecule has 0 spiro atoms. The van der Waals surface area contributed by atoms with Crippen molar-refractivity contribution < 1.29 is 14.2 Å². The number of methoxy groups -OCH3 is 1. The first-order valence-corrected chi connectivity index (χ1v) is 9.34. The molecule has 0 amide bonds. The molecule has 0 bridgehead atoms. The lowest BCUT2D eigenvalue weighted by atomic mass is 9.75. The molecule has 21 heavy (non-hydrogen) atoms. The Kier molecular flexibility index (Phi) is 6.98. The highest BCUT2D eigenvalue weighted by Crippen LogP contribution is 2.40. The van der Waals surface area contributed by atoms with Gasteiger partial charge < -0.3 is 14.2 Å². The molecule has 2 rings (SSSR count). The van der Waals surface area contributed by atoms with Gasteiger partial charge >= 0.3 is 0 Å². The normalized spacial score (nSPS) is 40.3. The van der Waals surface area contributed by atoms with Gasteiger partial charge in [0.2, 0.25) is 0 Å². The van der Waals surface area contributed by atoms with E-state index in [-0.39, 0.29) is 12.2 Å². The number of alkyl halides is 1. The van der Waals surface area contributed by atoms with Crippen LogP contribution in [0.3, 0.4) is 0 Å². The molecular weight excluding hydrogens is 332 g/mol. The van der Waals surface area contributed by atoms with E-state index in [4.69, 9.17) is 14.2 Å². The van der Waals surface area contributed by atoms with Gasteiger partial charge in [0.1, 0.15) is 0 Å². The summed E-state index contributed by atoms with van der Waals surface area (Å²) in [4.78, 5) is 0.429. The maximum absolute atomic E-state index is 6.49. The summed E-state index contributed by atoms with van der Waals surface area (Å²) < 4.78 is 17.5. The first kappa shape index (κ1) is 17.7. The Balaban J connectivity index is 1.86. The fourth-order valence-electron chi connectivity index (χ4n) is 3.64. The molecule has 0 aromatic rings. The quantitative estimate of drug-likeness (QED) is 0.505. The first-order chi connectivity index (χ1) is 10.0. The van der Waals surface area contributed by atoms with Crippen molar-refractivity contribution in [3.05, 3.63) is 0 Å². The van der Waals surface area contributed by atoms with Gasteiger partial charge in [-0.05, 0) is 37.0 Å². The predicted octanol–water partition coefficient (Wildman–Crippen LogP) is 4.03. The minimum Gasteiger partial charge on any atom is -0.382 e. The number of hydrogen-bond acceptors (Lipinski definition) is 3. The summed E-state index contributed by atoms with van der Waals surface area (Å²) in [6, 6.07) is 0. The third-order valence-electron chi connectivity index (χ3n) is 5.09. The second kappa shape index (κ2) is 8.28. The maximum atomic E-state index is 6.49. The van der Waals surface area contributed by atoms with Crippen LogP contribution in [0.5, 0.6) is 0 Å². The van der Waals surface area contributed by atoms with Gasteiger partial charge in [-0.3, -0.25) is 0 Å². The largest absolute Gasteiger partial charge is 0.382 e. The monoisotopic (exact) mass is 362 g/mol. The fraction of sp³-hybridized carbons (Fsp3) is 1.00. The minimum atomic E-state index is 0.185. The second-order valence-corrected chi connectivity index (χ2v) is 8.30. The number of ether oxygens (including phenoxy) is 3. The Hall–Kier alpha value is 0.360. The summed E-state index contributed by atoms with van der Waals surface area (Å²) in [5.74, 6) is 2.20. The molecular formula is C17H31BrO3. The van der Waals surface area contributed by atoms with Gasteiger partial charge in [0, 0.05) is 11.9 Å². The average Bonchev–Trinajstić information content (AvgIpc) is 2.43. The summed E-state index contributed by atoms with van der Waals surface area (Å²) in [7, 11) is 1.71. The summed E-state index contributed by atoms with van der Waals surface area (Å²) in [6.07, 6.45) is 5.77. The smallest absolute Gasteiger partial charge is 0.0963 e. The number of halogens is 1. The maximum Gasteiger partial charge on any atom is 0.0963 e. The Morgan fingerprint density at radius 2 is 1.86 bits per heavy atom. The highest BCUT2D eigenvalue weighted by atomic mass is 79.9. The van der Waals surface area contributed by atoms with Crippen molar-refractivity contribution in [2.24, 2.45) is 17.8 Å². The molecule has 0 N–H and O–H groups in total. The molecule has 0 aromatic heterocycles. The molecule has 4 heteroatoms. The van der Waals surface area contributed by atoms with Crippen molar-refractivity contribution in [1.29, 1.82) is 0 Å². The summed E-state index contributed by atoms with van der Waals surface area (Å²) >= 11 is 3.69. The van der Waals surface area contributed by atoms with Gasteiger partial charge in [0.05, 0.1) is 31.5 Å². The fourth-order valence-corrected chi connectivity index (χ4v) is 4.50. The van der Waals surface area contributed by atoms with E-state index in [0.29, 0.717) is 36.0 Å². The van der Waals surface area contributed by atoms with Crippen molar-refractivity contribution >= 4 is 15.9 Å². The van der Waals surface area contributed by atoms with Crippen LogP contribution in [0.1, 0.15) is 46.5 Å². The van der Waals surface area contributed by atoms with Crippen molar-refractivity contribution in [2.45, 2.75) is 69.6 Å². The zero-order valence-electron chi connectivity index (χ0n) is 13.9. The van der Waals surface area contributed by atoms with Crippen molar-refractivity contribution in [3.8, 4) is 0 Å². The molecule has 0 heterocycles. The average molecular weight is 363 g/mol. The molecule has 6 atom stereocenters. The van der Waals surface area contributed by atoms with E-state index in [9.17, 15) is 0 Å². The van der Waals surface area contributed by atoms with Crippen LogP contribution in [0.4, 0.5) is 0 Å². The lowest BCUT2D eigenvalue weighted by Gasteiger charge is -2.46.